The molecule has 0 amide bonds. The van der Waals surface area contributed by atoms with Crippen LogP contribution in [0, 0.1) is 0 Å². The molecule has 2 N–H and O–H groups in total. The first-order valence-electron chi connectivity index (χ1n) is 6.81. The van der Waals surface area contributed by atoms with Crippen molar-refractivity contribution < 1.29 is 4.74 Å². The lowest BCUT2D eigenvalue weighted by atomic mass is 10.1. The fraction of sp³-hybridized carbons (Fsp3) is 0.467. The summed E-state index contributed by atoms with van der Waals surface area (Å²) in [6.07, 6.45) is 6.22. The molecular formula is C15H20N2O. The molecule has 0 bridgehead atoms. The molecule has 1 aromatic carbocycles. The first-order valence-corrected chi connectivity index (χ1v) is 6.81. The Bertz CT molecular complexity index is 500. The highest BCUT2D eigenvalue weighted by Gasteiger charge is 2.13. The lowest BCUT2D eigenvalue weighted by Gasteiger charge is -2.22. The smallest absolute Gasteiger partial charge is 0.0699 e. The minimum atomic E-state index is 0.406. The van der Waals surface area contributed by atoms with E-state index in [9.17, 15) is 0 Å². The summed E-state index contributed by atoms with van der Waals surface area (Å²) in [4.78, 5) is 3.31. The SMILES string of the molecule is c1ccc2c(CNCC3CCCCO3)c[nH]c2c1. The number of rotatable bonds is 4. The minimum absolute atomic E-state index is 0.406. The molecule has 1 unspecified atom stereocenters. The Balaban J connectivity index is 1.56. The van der Waals surface area contributed by atoms with E-state index in [0.717, 1.165) is 19.7 Å². The first-order chi connectivity index (χ1) is 8.93. The maximum absolute atomic E-state index is 5.71. The van der Waals surface area contributed by atoms with E-state index in [2.05, 4.69) is 40.8 Å². The fourth-order valence-electron chi connectivity index (χ4n) is 2.61. The predicted octanol–water partition coefficient (Wildman–Crippen LogP) is 2.83. The summed E-state index contributed by atoms with van der Waals surface area (Å²) in [5.41, 5.74) is 2.55. The third kappa shape index (κ3) is 2.57. The van der Waals surface area contributed by atoms with Gasteiger partial charge in [0.1, 0.15) is 0 Å². The summed E-state index contributed by atoms with van der Waals surface area (Å²) < 4.78 is 5.71. The Kier molecular flexibility index (Phi) is 3.62. The second-order valence-electron chi connectivity index (χ2n) is 4.98. The minimum Gasteiger partial charge on any atom is -0.377 e. The van der Waals surface area contributed by atoms with Gasteiger partial charge in [0.2, 0.25) is 0 Å². The van der Waals surface area contributed by atoms with Crippen LogP contribution in [0.5, 0.6) is 0 Å². The predicted molar refractivity (Wildman–Crippen MR) is 73.6 cm³/mol. The molecule has 2 heterocycles. The van der Waals surface area contributed by atoms with Crippen molar-refractivity contribution in [1.82, 2.24) is 10.3 Å². The van der Waals surface area contributed by atoms with Gasteiger partial charge in [0.25, 0.3) is 0 Å². The quantitative estimate of drug-likeness (QED) is 0.867. The molecule has 1 fully saturated rings. The van der Waals surface area contributed by atoms with Crippen LogP contribution in [0.25, 0.3) is 10.9 Å². The van der Waals surface area contributed by atoms with E-state index in [1.165, 1.54) is 35.7 Å². The lowest BCUT2D eigenvalue weighted by molar-refractivity contribution is 0.0168. The zero-order valence-electron chi connectivity index (χ0n) is 10.6. The first kappa shape index (κ1) is 11.8. The van der Waals surface area contributed by atoms with Crippen molar-refractivity contribution in [2.75, 3.05) is 13.2 Å². The van der Waals surface area contributed by atoms with Gasteiger partial charge in [-0.1, -0.05) is 18.2 Å². The molecule has 0 spiro atoms. The number of hydrogen-bond acceptors (Lipinski definition) is 2. The van der Waals surface area contributed by atoms with Crippen LogP contribution in [-0.2, 0) is 11.3 Å². The van der Waals surface area contributed by atoms with E-state index in [4.69, 9.17) is 4.74 Å². The molecule has 18 heavy (non-hydrogen) atoms. The number of H-pyrrole nitrogens is 1. The van der Waals surface area contributed by atoms with E-state index in [0.29, 0.717) is 6.10 Å². The highest BCUT2D eigenvalue weighted by atomic mass is 16.5. The monoisotopic (exact) mass is 244 g/mol. The van der Waals surface area contributed by atoms with Crippen LogP contribution in [0.1, 0.15) is 24.8 Å². The van der Waals surface area contributed by atoms with E-state index >= 15 is 0 Å². The average molecular weight is 244 g/mol. The van der Waals surface area contributed by atoms with Gasteiger partial charge in [0, 0.05) is 36.8 Å². The van der Waals surface area contributed by atoms with E-state index < -0.39 is 0 Å². The van der Waals surface area contributed by atoms with Crippen LogP contribution >= 0.6 is 0 Å². The molecule has 0 radical (unpaired) electrons. The summed E-state index contributed by atoms with van der Waals surface area (Å²) in [5.74, 6) is 0. The number of aromatic amines is 1. The molecule has 1 aliphatic heterocycles. The Labute approximate surface area is 108 Å². The van der Waals surface area contributed by atoms with Crippen LogP contribution in [0.3, 0.4) is 0 Å². The molecule has 2 aromatic rings. The molecule has 1 saturated heterocycles. The Morgan fingerprint density at radius 1 is 1.28 bits per heavy atom. The Morgan fingerprint density at radius 2 is 2.22 bits per heavy atom. The standard InChI is InChI=1S/C15H20N2O/c1-2-7-15-14(6-1)12(10-17-15)9-16-11-13-5-3-4-8-18-13/h1-2,6-7,10,13,16-17H,3-5,8-9,11H2. The van der Waals surface area contributed by atoms with Crippen molar-refractivity contribution in [3.05, 3.63) is 36.0 Å². The van der Waals surface area contributed by atoms with Crippen LogP contribution in [-0.4, -0.2) is 24.2 Å². The van der Waals surface area contributed by atoms with Crippen LogP contribution in [0.15, 0.2) is 30.5 Å². The highest BCUT2D eigenvalue weighted by Crippen LogP contribution is 2.17. The highest BCUT2D eigenvalue weighted by molar-refractivity contribution is 5.82. The molecule has 3 heteroatoms. The molecule has 1 aliphatic rings. The maximum atomic E-state index is 5.71. The maximum Gasteiger partial charge on any atom is 0.0699 e. The van der Waals surface area contributed by atoms with Gasteiger partial charge < -0.3 is 15.0 Å². The number of para-hydroxylation sites is 1. The number of aromatic nitrogens is 1. The van der Waals surface area contributed by atoms with Gasteiger partial charge in [-0.2, -0.15) is 0 Å². The molecule has 1 atom stereocenters. The van der Waals surface area contributed by atoms with Crippen molar-refractivity contribution in [2.45, 2.75) is 31.9 Å². The number of nitrogens with one attached hydrogen (secondary N) is 2. The molecule has 0 aliphatic carbocycles. The Morgan fingerprint density at radius 3 is 3.11 bits per heavy atom. The van der Waals surface area contributed by atoms with Gasteiger partial charge in [0.15, 0.2) is 0 Å². The third-order valence-corrected chi connectivity index (χ3v) is 3.64. The van der Waals surface area contributed by atoms with Gasteiger partial charge in [-0.3, -0.25) is 0 Å². The fourth-order valence-corrected chi connectivity index (χ4v) is 2.61. The van der Waals surface area contributed by atoms with Crippen molar-refractivity contribution in [2.24, 2.45) is 0 Å². The van der Waals surface area contributed by atoms with Gasteiger partial charge in [-0.15, -0.1) is 0 Å². The molecule has 1 aromatic heterocycles. The zero-order chi connectivity index (χ0) is 12.2. The van der Waals surface area contributed by atoms with Crippen molar-refractivity contribution >= 4 is 10.9 Å². The van der Waals surface area contributed by atoms with Gasteiger partial charge in [-0.05, 0) is 30.9 Å². The Hall–Kier alpha value is -1.32. The van der Waals surface area contributed by atoms with Gasteiger partial charge in [-0.25, -0.2) is 0 Å². The largest absolute Gasteiger partial charge is 0.377 e. The molecule has 3 nitrogen and oxygen atoms in total. The number of ether oxygens (including phenoxy) is 1. The number of hydrogen-bond donors (Lipinski definition) is 2. The topological polar surface area (TPSA) is 37.0 Å². The second-order valence-corrected chi connectivity index (χ2v) is 4.98. The van der Waals surface area contributed by atoms with E-state index in [1.54, 1.807) is 0 Å². The van der Waals surface area contributed by atoms with Gasteiger partial charge >= 0.3 is 0 Å². The van der Waals surface area contributed by atoms with Crippen LogP contribution < -0.4 is 5.32 Å². The van der Waals surface area contributed by atoms with E-state index in [-0.39, 0.29) is 0 Å². The summed E-state index contributed by atoms with van der Waals surface area (Å²) in [6.45, 7) is 2.79. The van der Waals surface area contributed by atoms with Crippen molar-refractivity contribution in [1.29, 1.82) is 0 Å². The lowest BCUT2D eigenvalue weighted by Crippen LogP contribution is -2.31. The van der Waals surface area contributed by atoms with E-state index in [1.807, 2.05) is 0 Å². The second kappa shape index (κ2) is 5.55. The summed E-state index contributed by atoms with van der Waals surface area (Å²) >= 11 is 0. The van der Waals surface area contributed by atoms with Crippen LogP contribution in [0.4, 0.5) is 0 Å². The van der Waals surface area contributed by atoms with Crippen LogP contribution in [0.2, 0.25) is 0 Å². The summed E-state index contributed by atoms with van der Waals surface area (Å²) in [6, 6.07) is 8.43. The third-order valence-electron chi connectivity index (χ3n) is 3.64. The number of benzene rings is 1. The molecule has 3 rings (SSSR count). The molecule has 0 saturated carbocycles. The zero-order valence-corrected chi connectivity index (χ0v) is 10.6. The summed E-state index contributed by atoms with van der Waals surface area (Å²) in [5, 5.41) is 4.82. The van der Waals surface area contributed by atoms with Gasteiger partial charge in [0.05, 0.1) is 6.10 Å². The van der Waals surface area contributed by atoms with Crippen molar-refractivity contribution in [3.63, 3.8) is 0 Å². The average Bonchev–Trinajstić information content (AvgIpc) is 2.84. The van der Waals surface area contributed by atoms with Crippen molar-refractivity contribution in [3.8, 4) is 0 Å². The summed E-state index contributed by atoms with van der Waals surface area (Å²) in [7, 11) is 0. The molecule has 96 valence electrons. The number of fused-ring (bicyclic) bond motifs is 1. The molecular weight excluding hydrogens is 224 g/mol. The normalized spacial score (nSPS) is 20.3.